The highest BCUT2D eigenvalue weighted by Gasteiger charge is 2.22. The van der Waals surface area contributed by atoms with Crippen molar-refractivity contribution >= 4 is 19.8 Å². The molecule has 0 aromatic rings. The summed E-state index contributed by atoms with van der Waals surface area (Å²) >= 11 is 0. The first kappa shape index (κ1) is 50.2. The van der Waals surface area contributed by atoms with Gasteiger partial charge in [0.15, 0.2) is 6.10 Å². The maximum absolute atomic E-state index is 12.4. The van der Waals surface area contributed by atoms with Crippen molar-refractivity contribution in [2.24, 2.45) is 0 Å². The van der Waals surface area contributed by atoms with Gasteiger partial charge >= 0.3 is 19.8 Å². The molecule has 0 amide bonds. The fraction of sp³-hybridized carbons (Fsp3) is 0.467. The summed E-state index contributed by atoms with van der Waals surface area (Å²) < 4.78 is 26.2. The van der Waals surface area contributed by atoms with Crippen LogP contribution >= 0.6 is 7.82 Å². The second-order valence-corrected chi connectivity index (χ2v) is 13.4. The van der Waals surface area contributed by atoms with E-state index in [4.69, 9.17) is 19.3 Å². The lowest BCUT2D eigenvalue weighted by Gasteiger charge is -2.18. The molecule has 2 N–H and O–H groups in total. The van der Waals surface area contributed by atoms with E-state index in [1.54, 1.807) is 0 Å². The molecular weight excluding hydrogens is 699 g/mol. The molecule has 0 aliphatic rings. The zero-order valence-corrected chi connectivity index (χ0v) is 33.7. The molecule has 9 heteroatoms. The number of hydrogen-bond acceptors (Lipinski definition) is 6. The molecule has 0 aliphatic carbocycles. The molecule has 0 aromatic carbocycles. The number of unbranched alkanes of at least 4 members (excludes halogenated alkanes) is 1. The molecule has 0 rings (SSSR count). The normalized spacial score (nSPS) is 13.9. The minimum Gasteiger partial charge on any atom is -0.462 e. The van der Waals surface area contributed by atoms with Crippen molar-refractivity contribution in [1.82, 2.24) is 0 Å². The second-order valence-electron chi connectivity index (χ2n) is 12.1. The maximum atomic E-state index is 12.4. The van der Waals surface area contributed by atoms with E-state index in [9.17, 15) is 14.2 Å². The average molecular weight is 767 g/mol. The van der Waals surface area contributed by atoms with Gasteiger partial charge in [0.2, 0.25) is 0 Å². The number of phosphoric acid groups is 1. The molecule has 0 aromatic heterocycles. The maximum Gasteiger partial charge on any atom is 0.469 e. The minimum atomic E-state index is -4.80. The summed E-state index contributed by atoms with van der Waals surface area (Å²) in [6.45, 7) is 3.31. The molecule has 0 unspecified atom stereocenters. The number of esters is 2. The monoisotopic (exact) mass is 766 g/mol. The summed E-state index contributed by atoms with van der Waals surface area (Å²) in [6.07, 6.45) is 57.6. The molecule has 54 heavy (non-hydrogen) atoms. The van der Waals surface area contributed by atoms with Crippen LogP contribution in [0.1, 0.15) is 117 Å². The minimum absolute atomic E-state index is 0.0652. The molecular formula is C45H67O8P. The largest absolute Gasteiger partial charge is 0.469 e. The van der Waals surface area contributed by atoms with Gasteiger partial charge in [-0.2, -0.15) is 0 Å². The topological polar surface area (TPSA) is 119 Å². The highest BCUT2D eigenvalue weighted by atomic mass is 31.2. The average Bonchev–Trinajstić information content (AvgIpc) is 3.14. The third-order valence-electron chi connectivity index (χ3n) is 7.18. The second kappa shape index (κ2) is 38.9. The first-order chi connectivity index (χ1) is 26.3. The summed E-state index contributed by atoms with van der Waals surface area (Å²) in [5.41, 5.74) is 0. The van der Waals surface area contributed by atoms with E-state index in [-0.39, 0.29) is 19.4 Å². The molecule has 0 saturated heterocycles. The van der Waals surface area contributed by atoms with Crippen molar-refractivity contribution in [3.05, 3.63) is 134 Å². The highest BCUT2D eigenvalue weighted by Crippen LogP contribution is 2.35. The molecule has 0 heterocycles. The summed E-state index contributed by atoms with van der Waals surface area (Å²) in [5.74, 6) is -1.07. The van der Waals surface area contributed by atoms with Gasteiger partial charge in [-0.15, -0.1) is 0 Å². The summed E-state index contributed by atoms with van der Waals surface area (Å²) in [4.78, 5) is 42.7. The molecule has 300 valence electrons. The van der Waals surface area contributed by atoms with Crippen molar-refractivity contribution in [1.29, 1.82) is 0 Å². The zero-order valence-electron chi connectivity index (χ0n) is 32.8. The van der Waals surface area contributed by atoms with Crippen LogP contribution in [-0.4, -0.2) is 41.0 Å². The Labute approximate surface area is 326 Å². The lowest BCUT2D eigenvalue weighted by atomic mass is 10.2. The Hall–Kier alpha value is -3.81. The van der Waals surface area contributed by atoms with E-state index >= 15 is 0 Å². The Morgan fingerprint density at radius 2 is 0.833 bits per heavy atom. The number of rotatable bonds is 33. The van der Waals surface area contributed by atoms with Crippen molar-refractivity contribution in [2.75, 3.05) is 13.2 Å². The number of carbonyl (C=O) groups is 2. The summed E-state index contributed by atoms with van der Waals surface area (Å²) in [5, 5.41) is 0. The summed E-state index contributed by atoms with van der Waals surface area (Å²) in [6, 6.07) is 0. The van der Waals surface area contributed by atoms with E-state index in [0.717, 1.165) is 70.6 Å². The van der Waals surface area contributed by atoms with Gasteiger partial charge in [0.25, 0.3) is 0 Å². The van der Waals surface area contributed by atoms with Gasteiger partial charge in [0.1, 0.15) is 6.61 Å². The van der Waals surface area contributed by atoms with E-state index in [0.29, 0.717) is 19.3 Å². The molecule has 1 atom stereocenters. The van der Waals surface area contributed by atoms with Gasteiger partial charge in [0, 0.05) is 12.8 Å². The lowest BCUT2D eigenvalue weighted by Crippen LogP contribution is -2.29. The first-order valence-electron chi connectivity index (χ1n) is 19.5. The smallest absolute Gasteiger partial charge is 0.462 e. The van der Waals surface area contributed by atoms with Crippen LogP contribution in [0.25, 0.3) is 0 Å². The number of carbonyl (C=O) groups excluding carboxylic acids is 2. The van der Waals surface area contributed by atoms with Gasteiger partial charge in [0.05, 0.1) is 6.61 Å². The van der Waals surface area contributed by atoms with Crippen LogP contribution in [0.2, 0.25) is 0 Å². The zero-order chi connectivity index (χ0) is 39.6. The van der Waals surface area contributed by atoms with Gasteiger partial charge < -0.3 is 19.3 Å². The standard InChI is InChI=1S/C45H67O8P/c1-3-5-7-9-11-13-15-17-19-21-22-24-26-28-30-32-34-36-38-40-45(47)53-43(42-52-54(48,49)50)41-51-44(46)39-37-35-33-31-29-27-25-23-20-18-16-14-12-10-8-6-4-2/h5-8,11-14,17-20,22,24-25,27-28,30-31,33-34,36,43H,3-4,9-10,15-16,21,23,26,29,32,35,37-42H2,1-2H3,(H2,48,49,50)/b7-5-,8-6-,13-11-,14-12-,19-17-,20-18-,24-22-,27-25-,30-28-,33-31-,36-34-/t43-/m1/s1. The van der Waals surface area contributed by atoms with E-state index < -0.39 is 32.5 Å². The Morgan fingerprint density at radius 3 is 1.20 bits per heavy atom. The van der Waals surface area contributed by atoms with Gasteiger partial charge in [-0.3, -0.25) is 14.1 Å². The van der Waals surface area contributed by atoms with E-state index in [1.807, 2.05) is 24.3 Å². The van der Waals surface area contributed by atoms with Gasteiger partial charge in [-0.05, 0) is 89.9 Å². The predicted octanol–water partition coefficient (Wildman–Crippen LogP) is 12.0. The Morgan fingerprint density at radius 1 is 0.481 bits per heavy atom. The molecule has 0 radical (unpaired) electrons. The quantitative estimate of drug-likeness (QED) is 0.0293. The number of phosphoric ester groups is 1. The van der Waals surface area contributed by atoms with Gasteiger partial charge in [-0.1, -0.05) is 148 Å². The molecule has 0 saturated carbocycles. The molecule has 8 nitrogen and oxygen atoms in total. The molecule has 0 bridgehead atoms. The Balaban J connectivity index is 4.23. The predicted molar refractivity (Wildman–Crippen MR) is 225 cm³/mol. The van der Waals surface area contributed by atoms with Crippen LogP contribution in [0.5, 0.6) is 0 Å². The number of allylic oxidation sites excluding steroid dienone is 22. The number of ether oxygens (including phenoxy) is 2. The Bertz CT molecular complexity index is 1320. The van der Waals surface area contributed by atoms with Crippen LogP contribution in [0.15, 0.2) is 134 Å². The lowest BCUT2D eigenvalue weighted by molar-refractivity contribution is -0.161. The van der Waals surface area contributed by atoms with Crippen LogP contribution in [-0.2, 0) is 28.2 Å². The van der Waals surface area contributed by atoms with Crippen LogP contribution < -0.4 is 0 Å². The fourth-order valence-corrected chi connectivity index (χ4v) is 4.73. The van der Waals surface area contributed by atoms with Crippen LogP contribution in [0, 0.1) is 0 Å². The van der Waals surface area contributed by atoms with Crippen LogP contribution in [0.3, 0.4) is 0 Å². The SMILES string of the molecule is CC/C=C\C/C=C\C/C=C\C/C=C\C/C=C\C/C=C\CCC(=O)O[C@H](COC(=O)CCC/C=C\C/C=C\C/C=C\C/C=C\C/C=C\CC)COP(=O)(O)O. The highest BCUT2D eigenvalue weighted by molar-refractivity contribution is 7.46. The fourth-order valence-electron chi connectivity index (χ4n) is 4.37. The Kier molecular flexibility index (Phi) is 36.2. The first-order valence-corrected chi connectivity index (χ1v) is 21.0. The summed E-state index contributed by atoms with van der Waals surface area (Å²) in [7, 11) is -4.80. The third-order valence-corrected chi connectivity index (χ3v) is 7.66. The van der Waals surface area contributed by atoms with Crippen LogP contribution in [0.4, 0.5) is 0 Å². The number of hydrogen-bond donors (Lipinski definition) is 2. The molecule has 0 fully saturated rings. The van der Waals surface area contributed by atoms with Crippen molar-refractivity contribution < 1.29 is 37.9 Å². The van der Waals surface area contributed by atoms with Crippen molar-refractivity contribution in [3.8, 4) is 0 Å². The van der Waals surface area contributed by atoms with E-state index in [1.165, 1.54) is 0 Å². The van der Waals surface area contributed by atoms with Crippen molar-refractivity contribution in [2.45, 2.75) is 123 Å². The van der Waals surface area contributed by atoms with E-state index in [2.05, 4.69) is 128 Å². The van der Waals surface area contributed by atoms with Gasteiger partial charge in [-0.25, -0.2) is 4.57 Å². The molecule has 0 spiro atoms. The molecule has 0 aliphatic heterocycles. The third kappa shape index (κ3) is 41.0. The van der Waals surface area contributed by atoms with Crippen molar-refractivity contribution in [3.63, 3.8) is 0 Å².